The summed E-state index contributed by atoms with van der Waals surface area (Å²) in [7, 11) is 0. The van der Waals surface area contributed by atoms with Crippen molar-refractivity contribution in [2.75, 3.05) is 15.5 Å². The molecule has 3 amide bonds. The zero-order valence-electron chi connectivity index (χ0n) is 20.2. The Hall–Kier alpha value is -4.17. The molecule has 182 valence electrons. The van der Waals surface area contributed by atoms with Crippen LogP contribution in [0.15, 0.2) is 89.6 Å². The van der Waals surface area contributed by atoms with Gasteiger partial charge >= 0.3 is 0 Å². The highest BCUT2D eigenvalue weighted by molar-refractivity contribution is 8.15. The molecule has 1 aliphatic rings. The largest absolute Gasteiger partial charge is 0.326 e. The normalized spacial score (nSPS) is 15.0. The fraction of sp³-hybridized carbons (Fsp3) is 0.143. The van der Waals surface area contributed by atoms with E-state index < -0.39 is 5.25 Å². The quantitative estimate of drug-likeness (QED) is 0.442. The van der Waals surface area contributed by atoms with Crippen molar-refractivity contribution in [3.05, 3.63) is 95.7 Å². The highest BCUT2D eigenvalue weighted by Crippen LogP contribution is 2.31. The first-order chi connectivity index (χ1) is 17.3. The number of nitrogens with one attached hydrogen (secondary N) is 2. The van der Waals surface area contributed by atoms with Gasteiger partial charge in [0, 0.05) is 18.3 Å². The van der Waals surface area contributed by atoms with Crippen LogP contribution in [-0.2, 0) is 14.4 Å². The highest BCUT2D eigenvalue weighted by atomic mass is 32.2. The van der Waals surface area contributed by atoms with E-state index in [0.717, 1.165) is 11.1 Å². The number of aryl methyl sites for hydroxylation is 1. The Balaban J connectivity index is 1.53. The van der Waals surface area contributed by atoms with E-state index in [1.54, 1.807) is 37.3 Å². The molecular formula is C28H26N4O3S. The number of hydrogen-bond donors (Lipinski definition) is 2. The van der Waals surface area contributed by atoms with Crippen molar-refractivity contribution in [2.24, 2.45) is 4.99 Å². The number of rotatable bonds is 6. The van der Waals surface area contributed by atoms with Crippen LogP contribution in [-0.4, -0.2) is 28.1 Å². The van der Waals surface area contributed by atoms with Crippen molar-refractivity contribution < 1.29 is 14.4 Å². The maximum Gasteiger partial charge on any atom is 0.283 e. The molecule has 0 aromatic heterocycles. The summed E-state index contributed by atoms with van der Waals surface area (Å²) in [6, 6.07) is 24.0. The molecule has 0 saturated heterocycles. The van der Waals surface area contributed by atoms with Gasteiger partial charge in [-0.25, -0.2) is 4.99 Å². The van der Waals surface area contributed by atoms with Crippen LogP contribution in [0, 0.1) is 6.92 Å². The molecule has 1 atom stereocenters. The third-order valence-corrected chi connectivity index (χ3v) is 6.40. The van der Waals surface area contributed by atoms with Crippen molar-refractivity contribution in [1.82, 2.24) is 0 Å². The fourth-order valence-corrected chi connectivity index (χ4v) is 4.42. The standard InChI is InChI=1S/C28H26N4O3S/c1-18-9-11-21(12-10-18)17-25-27(35)32(24-7-5-4-6-8-24)28(31-25)36-19(2)26(34)30-23-15-13-22(14-16-23)29-20(3)33/h4-17,19H,1-3H3,(H,29,33)(H,30,34)/b25-17+. The number of thioether (sulfide) groups is 1. The number of amidine groups is 1. The summed E-state index contributed by atoms with van der Waals surface area (Å²) in [4.78, 5) is 43.6. The topological polar surface area (TPSA) is 90.9 Å². The van der Waals surface area contributed by atoms with E-state index >= 15 is 0 Å². The van der Waals surface area contributed by atoms with Crippen molar-refractivity contribution in [1.29, 1.82) is 0 Å². The maximum atomic E-state index is 13.3. The van der Waals surface area contributed by atoms with Gasteiger partial charge in [0.2, 0.25) is 11.8 Å². The van der Waals surface area contributed by atoms with Crippen LogP contribution >= 0.6 is 11.8 Å². The van der Waals surface area contributed by atoms with E-state index in [-0.39, 0.29) is 17.7 Å². The molecule has 0 aliphatic carbocycles. The van der Waals surface area contributed by atoms with E-state index in [1.807, 2.05) is 61.5 Å². The summed E-state index contributed by atoms with van der Waals surface area (Å²) >= 11 is 1.21. The molecule has 36 heavy (non-hydrogen) atoms. The lowest BCUT2D eigenvalue weighted by atomic mass is 10.1. The molecule has 0 radical (unpaired) electrons. The Morgan fingerprint density at radius 3 is 2.14 bits per heavy atom. The minimum atomic E-state index is -0.531. The van der Waals surface area contributed by atoms with Crippen LogP contribution in [0.2, 0.25) is 0 Å². The average Bonchev–Trinajstić information content (AvgIpc) is 3.16. The van der Waals surface area contributed by atoms with Crippen molar-refractivity contribution >= 4 is 57.8 Å². The Labute approximate surface area is 214 Å². The van der Waals surface area contributed by atoms with Gasteiger partial charge in [-0.1, -0.05) is 59.8 Å². The van der Waals surface area contributed by atoms with Crippen molar-refractivity contribution in [3.63, 3.8) is 0 Å². The van der Waals surface area contributed by atoms with Gasteiger partial charge in [0.15, 0.2) is 5.17 Å². The summed E-state index contributed by atoms with van der Waals surface area (Å²) in [5.74, 6) is -0.640. The van der Waals surface area contributed by atoms with Gasteiger partial charge < -0.3 is 10.6 Å². The number of nitrogens with zero attached hydrogens (tertiary/aromatic N) is 2. The lowest BCUT2D eigenvalue weighted by Gasteiger charge is -2.20. The molecule has 3 aromatic rings. The number of aliphatic imine (C=N–C) groups is 1. The fourth-order valence-electron chi connectivity index (χ4n) is 3.50. The number of hydrogen-bond acceptors (Lipinski definition) is 5. The molecule has 0 fully saturated rings. The van der Waals surface area contributed by atoms with Gasteiger partial charge in [-0.15, -0.1) is 0 Å². The minimum absolute atomic E-state index is 0.164. The molecule has 0 saturated carbocycles. The Morgan fingerprint density at radius 1 is 0.917 bits per heavy atom. The van der Waals surface area contributed by atoms with Gasteiger partial charge in [0.05, 0.1) is 10.9 Å². The average molecular weight is 499 g/mol. The molecule has 8 heteroatoms. The van der Waals surface area contributed by atoms with Gasteiger partial charge in [-0.2, -0.15) is 0 Å². The van der Waals surface area contributed by atoms with E-state index in [0.29, 0.717) is 27.9 Å². The summed E-state index contributed by atoms with van der Waals surface area (Å²) < 4.78 is 0. The Morgan fingerprint density at radius 2 is 1.53 bits per heavy atom. The van der Waals surface area contributed by atoms with E-state index in [4.69, 9.17) is 0 Å². The zero-order valence-corrected chi connectivity index (χ0v) is 21.0. The van der Waals surface area contributed by atoms with Crippen molar-refractivity contribution in [2.45, 2.75) is 26.0 Å². The molecule has 2 N–H and O–H groups in total. The molecule has 4 rings (SSSR count). The number of anilines is 3. The summed E-state index contributed by atoms with van der Waals surface area (Å²) in [5, 5.41) is 5.47. The predicted molar refractivity (Wildman–Crippen MR) is 147 cm³/mol. The lowest BCUT2D eigenvalue weighted by molar-refractivity contribution is -0.116. The van der Waals surface area contributed by atoms with Crippen LogP contribution in [0.25, 0.3) is 6.08 Å². The van der Waals surface area contributed by atoms with Crippen LogP contribution < -0.4 is 15.5 Å². The minimum Gasteiger partial charge on any atom is -0.326 e. The molecule has 1 aliphatic heterocycles. The van der Waals surface area contributed by atoms with Crippen molar-refractivity contribution in [3.8, 4) is 0 Å². The number of amides is 3. The third-order valence-electron chi connectivity index (χ3n) is 5.35. The maximum absolute atomic E-state index is 13.3. The first-order valence-electron chi connectivity index (χ1n) is 11.4. The highest BCUT2D eigenvalue weighted by Gasteiger charge is 2.34. The first kappa shape index (κ1) is 24.9. The van der Waals surface area contributed by atoms with Crippen LogP contribution in [0.4, 0.5) is 17.1 Å². The molecular weight excluding hydrogens is 472 g/mol. The van der Waals surface area contributed by atoms with E-state index in [2.05, 4.69) is 15.6 Å². The molecule has 7 nitrogen and oxygen atoms in total. The number of para-hydroxylation sites is 1. The van der Waals surface area contributed by atoms with Crippen LogP contribution in [0.1, 0.15) is 25.0 Å². The molecule has 0 spiro atoms. The van der Waals surface area contributed by atoms with E-state index in [9.17, 15) is 14.4 Å². The van der Waals surface area contributed by atoms with Gasteiger partial charge in [0.1, 0.15) is 5.70 Å². The predicted octanol–water partition coefficient (Wildman–Crippen LogP) is 5.46. The summed E-state index contributed by atoms with van der Waals surface area (Å²) in [6.07, 6.45) is 1.76. The van der Waals surface area contributed by atoms with Gasteiger partial charge in [-0.05, 0) is 61.9 Å². The number of carbonyl (C=O) groups excluding carboxylic acids is 3. The Bertz CT molecular complexity index is 1330. The number of benzene rings is 3. The molecule has 1 unspecified atom stereocenters. The SMILES string of the molecule is CC(=O)Nc1ccc(NC(=O)C(C)SC2=N/C(=C/c3ccc(C)cc3)C(=O)N2c2ccccc2)cc1. The van der Waals surface area contributed by atoms with Crippen LogP contribution in [0.3, 0.4) is 0 Å². The molecule has 3 aromatic carbocycles. The zero-order chi connectivity index (χ0) is 25.7. The second-order valence-corrected chi connectivity index (χ2v) is 9.63. The monoisotopic (exact) mass is 498 g/mol. The van der Waals surface area contributed by atoms with E-state index in [1.165, 1.54) is 23.6 Å². The van der Waals surface area contributed by atoms with Gasteiger partial charge in [0.25, 0.3) is 5.91 Å². The first-order valence-corrected chi connectivity index (χ1v) is 12.3. The number of carbonyl (C=O) groups is 3. The smallest absolute Gasteiger partial charge is 0.283 e. The third kappa shape index (κ3) is 6.09. The second kappa shape index (κ2) is 11.0. The second-order valence-electron chi connectivity index (χ2n) is 8.32. The van der Waals surface area contributed by atoms with Gasteiger partial charge in [-0.3, -0.25) is 19.3 Å². The molecule has 1 heterocycles. The summed E-state index contributed by atoms with van der Waals surface area (Å²) in [6.45, 7) is 5.21. The molecule has 0 bridgehead atoms. The van der Waals surface area contributed by atoms with Crippen LogP contribution in [0.5, 0.6) is 0 Å². The lowest BCUT2D eigenvalue weighted by Crippen LogP contribution is -2.33. The Kier molecular flexibility index (Phi) is 7.65. The summed E-state index contributed by atoms with van der Waals surface area (Å²) in [5.41, 5.74) is 4.25.